The fourth-order valence-electron chi connectivity index (χ4n) is 2.17. The summed E-state index contributed by atoms with van der Waals surface area (Å²) in [4.78, 5) is 0.0810. The molecule has 0 amide bonds. The highest BCUT2D eigenvalue weighted by Crippen LogP contribution is 2.25. The molecule has 0 spiro atoms. The lowest BCUT2D eigenvalue weighted by Crippen LogP contribution is -2.05. The molecule has 0 aliphatic carbocycles. The van der Waals surface area contributed by atoms with Crippen molar-refractivity contribution in [2.24, 2.45) is 0 Å². The van der Waals surface area contributed by atoms with E-state index in [2.05, 4.69) is 10.3 Å². The Kier molecular flexibility index (Phi) is 3.83. The van der Waals surface area contributed by atoms with E-state index in [1.165, 1.54) is 16.8 Å². The summed E-state index contributed by atoms with van der Waals surface area (Å²) in [5, 5.41) is 8.03. The Morgan fingerprint density at radius 2 is 1.83 bits per heavy atom. The summed E-state index contributed by atoms with van der Waals surface area (Å²) in [6.45, 7) is 1.65. The molecular weight excluding hydrogens is 336 g/mol. The molecule has 118 valence electrons. The molecule has 1 aromatic heterocycles. The third-order valence-electron chi connectivity index (χ3n) is 3.35. The maximum absolute atomic E-state index is 12.7. The molecule has 0 saturated carbocycles. The van der Waals surface area contributed by atoms with Gasteiger partial charge in [-0.3, -0.25) is 0 Å². The topological polar surface area (TPSA) is 90.9 Å². The smallest absolute Gasteiger partial charge is 0.227 e. The van der Waals surface area contributed by atoms with Gasteiger partial charge >= 0.3 is 0 Å². The summed E-state index contributed by atoms with van der Waals surface area (Å²) >= 11 is 5.88. The third-order valence-corrected chi connectivity index (χ3v) is 5.35. The van der Waals surface area contributed by atoms with Crippen LogP contribution in [-0.2, 0) is 9.84 Å². The van der Waals surface area contributed by atoms with Crippen LogP contribution in [-0.4, -0.2) is 23.4 Å². The van der Waals surface area contributed by atoms with E-state index in [1.54, 1.807) is 43.3 Å². The van der Waals surface area contributed by atoms with Crippen LogP contribution in [0.1, 0.15) is 5.69 Å². The molecule has 2 N–H and O–H groups in total. The molecule has 0 radical (unpaired) electrons. The van der Waals surface area contributed by atoms with Gasteiger partial charge in [0.05, 0.1) is 16.3 Å². The van der Waals surface area contributed by atoms with Crippen LogP contribution in [0, 0.1) is 6.92 Å². The molecule has 1 heterocycles. The molecular formula is C15H13ClN4O2S. The van der Waals surface area contributed by atoms with E-state index in [4.69, 9.17) is 17.3 Å². The molecule has 0 aliphatic rings. The van der Waals surface area contributed by atoms with E-state index in [0.717, 1.165) is 0 Å². The van der Waals surface area contributed by atoms with Gasteiger partial charge in [-0.05, 0) is 49.4 Å². The first-order chi connectivity index (χ1) is 10.9. The molecule has 3 rings (SSSR count). The van der Waals surface area contributed by atoms with E-state index in [0.29, 0.717) is 22.1 Å². The Morgan fingerprint density at radius 1 is 1.13 bits per heavy atom. The van der Waals surface area contributed by atoms with Crippen LogP contribution in [0.4, 0.5) is 5.69 Å². The van der Waals surface area contributed by atoms with Gasteiger partial charge in [0.2, 0.25) is 14.9 Å². The van der Waals surface area contributed by atoms with Crippen molar-refractivity contribution >= 4 is 27.1 Å². The Morgan fingerprint density at radius 3 is 2.48 bits per heavy atom. The maximum atomic E-state index is 12.7. The number of benzene rings is 2. The lowest BCUT2D eigenvalue weighted by atomic mass is 10.3. The van der Waals surface area contributed by atoms with E-state index >= 15 is 0 Å². The fraction of sp³-hybridized carbons (Fsp3) is 0.0667. The highest BCUT2D eigenvalue weighted by Gasteiger charge is 2.26. The predicted octanol–water partition coefficient (Wildman–Crippen LogP) is 2.64. The first kappa shape index (κ1) is 15.5. The van der Waals surface area contributed by atoms with Crippen molar-refractivity contribution < 1.29 is 8.42 Å². The lowest BCUT2D eigenvalue weighted by Gasteiger charge is -2.05. The molecule has 2 aromatic carbocycles. The quantitative estimate of drug-likeness (QED) is 0.735. The first-order valence-electron chi connectivity index (χ1n) is 6.68. The lowest BCUT2D eigenvalue weighted by molar-refractivity contribution is 0.591. The van der Waals surface area contributed by atoms with Crippen molar-refractivity contribution in [1.82, 2.24) is 15.0 Å². The van der Waals surface area contributed by atoms with Crippen LogP contribution >= 0.6 is 11.6 Å². The van der Waals surface area contributed by atoms with Gasteiger partial charge in [-0.25, -0.2) is 13.1 Å². The van der Waals surface area contributed by atoms with Crippen LogP contribution in [0.15, 0.2) is 58.5 Å². The number of nitrogens with two attached hydrogens (primary N) is 1. The minimum atomic E-state index is -3.79. The molecule has 0 atom stereocenters. The average Bonchev–Trinajstić information content (AvgIpc) is 2.90. The van der Waals surface area contributed by atoms with Gasteiger partial charge in [0.1, 0.15) is 0 Å². The number of sulfone groups is 1. The van der Waals surface area contributed by atoms with Crippen molar-refractivity contribution in [3.8, 4) is 5.69 Å². The van der Waals surface area contributed by atoms with Gasteiger partial charge in [-0.2, -0.15) is 0 Å². The van der Waals surface area contributed by atoms with Crippen LogP contribution < -0.4 is 5.73 Å². The molecule has 0 fully saturated rings. The maximum Gasteiger partial charge on any atom is 0.227 e. The third kappa shape index (κ3) is 2.80. The van der Waals surface area contributed by atoms with E-state index in [9.17, 15) is 8.42 Å². The number of nitrogen functional groups attached to an aromatic ring is 1. The van der Waals surface area contributed by atoms with E-state index in [1.807, 2.05) is 0 Å². The second kappa shape index (κ2) is 5.68. The zero-order chi connectivity index (χ0) is 16.6. The number of hydrogen-bond acceptors (Lipinski definition) is 5. The molecule has 0 unspecified atom stereocenters. The summed E-state index contributed by atoms with van der Waals surface area (Å²) in [5.74, 6) is 0. The van der Waals surface area contributed by atoms with Crippen molar-refractivity contribution in [3.05, 3.63) is 59.2 Å². The number of nitrogens with zero attached hydrogens (tertiary/aromatic N) is 3. The summed E-state index contributed by atoms with van der Waals surface area (Å²) in [7, 11) is -3.79. The summed E-state index contributed by atoms with van der Waals surface area (Å²) < 4.78 is 26.9. The van der Waals surface area contributed by atoms with Gasteiger partial charge in [0.25, 0.3) is 0 Å². The normalized spacial score (nSPS) is 11.6. The molecule has 3 aromatic rings. The minimum Gasteiger partial charge on any atom is -0.399 e. The highest BCUT2D eigenvalue weighted by atomic mass is 35.5. The molecule has 0 saturated heterocycles. The Bertz CT molecular complexity index is 965. The van der Waals surface area contributed by atoms with Crippen molar-refractivity contribution in [2.75, 3.05) is 5.73 Å². The average molecular weight is 349 g/mol. The standard InChI is InChI=1S/C15H13ClN4O2S/c1-10-15(23(21,22)14-4-2-3-11(16)9-14)18-19-20(10)13-7-5-12(17)6-8-13/h2-9H,17H2,1H3. The zero-order valence-corrected chi connectivity index (χ0v) is 13.7. The molecule has 0 bridgehead atoms. The monoisotopic (exact) mass is 348 g/mol. The second-order valence-electron chi connectivity index (χ2n) is 4.94. The second-order valence-corrected chi connectivity index (χ2v) is 7.25. The van der Waals surface area contributed by atoms with Crippen molar-refractivity contribution in [1.29, 1.82) is 0 Å². The molecule has 23 heavy (non-hydrogen) atoms. The largest absolute Gasteiger partial charge is 0.399 e. The van der Waals surface area contributed by atoms with Gasteiger partial charge in [0, 0.05) is 10.7 Å². The van der Waals surface area contributed by atoms with E-state index < -0.39 is 9.84 Å². The minimum absolute atomic E-state index is 0.0810. The molecule has 6 nitrogen and oxygen atoms in total. The number of hydrogen-bond donors (Lipinski definition) is 1. The van der Waals surface area contributed by atoms with Crippen LogP contribution in [0.2, 0.25) is 5.02 Å². The summed E-state index contributed by atoms with van der Waals surface area (Å²) in [6.07, 6.45) is 0. The van der Waals surface area contributed by atoms with Crippen LogP contribution in [0.5, 0.6) is 0 Å². The fourth-order valence-corrected chi connectivity index (χ4v) is 3.81. The predicted molar refractivity (Wildman–Crippen MR) is 87.4 cm³/mol. The van der Waals surface area contributed by atoms with Gasteiger partial charge in [-0.1, -0.05) is 22.9 Å². The summed E-state index contributed by atoms with van der Waals surface area (Å²) in [6, 6.07) is 13.0. The number of anilines is 1. The number of rotatable bonds is 3. The van der Waals surface area contributed by atoms with Crippen molar-refractivity contribution in [2.45, 2.75) is 16.8 Å². The SMILES string of the molecule is Cc1c(S(=O)(=O)c2cccc(Cl)c2)nnn1-c1ccc(N)cc1. The Hall–Kier alpha value is -2.38. The molecule has 0 aliphatic heterocycles. The van der Waals surface area contributed by atoms with Gasteiger partial charge < -0.3 is 5.73 Å². The molecule has 8 heteroatoms. The van der Waals surface area contributed by atoms with E-state index in [-0.39, 0.29) is 9.92 Å². The van der Waals surface area contributed by atoms with Crippen LogP contribution in [0.25, 0.3) is 5.69 Å². The first-order valence-corrected chi connectivity index (χ1v) is 8.54. The number of aromatic nitrogens is 3. The zero-order valence-electron chi connectivity index (χ0n) is 12.1. The van der Waals surface area contributed by atoms with Gasteiger partial charge in [0.15, 0.2) is 0 Å². The van der Waals surface area contributed by atoms with Crippen molar-refractivity contribution in [3.63, 3.8) is 0 Å². The Labute approximate surface area is 138 Å². The highest BCUT2D eigenvalue weighted by molar-refractivity contribution is 7.91. The Balaban J connectivity index is 2.10. The van der Waals surface area contributed by atoms with Gasteiger partial charge in [-0.15, -0.1) is 5.10 Å². The summed E-state index contributed by atoms with van der Waals surface area (Å²) in [5.41, 5.74) is 7.35. The number of halogens is 1. The van der Waals surface area contributed by atoms with Crippen LogP contribution in [0.3, 0.4) is 0 Å².